The van der Waals surface area contributed by atoms with Crippen molar-refractivity contribution >= 4 is 27.3 Å². The Morgan fingerprint density at radius 1 is 1.04 bits per heavy atom. The van der Waals surface area contributed by atoms with Gasteiger partial charge in [-0.1, -0.05) is 12.5 Å². The number of hydrogen-bond donors (Lipinski definition) is 2. The number of sulfonamides is 1. The monoisotopic (exact) mass is 405 g/mol. The summed E-state index contributed by atoms with van der Waals surface area (Å²) in [5, 5.41) is 5.66. The lowest BCUT2D eigenvalue weighted by molar-refractivity contribution is -0.116. The molecule has 1 aliphatic heterocycles. The molecule has 0 aromatic heterocycles. The molecule has 0 radical (unpaired) electrons. The highest BCUT2D eigenvalue weighted by molar-refractivity contribution is 7.89. The van der Waals surface area contributed by atoms with Gasteiger partial charge in [0.25, 0.3) is 0 Å². The molecular weight excluding hydrogens is 381 g/mol. The lowest BCUT2D eigenvalue weighted by Gasteiger charge is -2.25. The van der Waals surface area contributed by atoms with Gasteiger partial charge in [-0.05, 0) is 62.2 Å². The molecule has 1 aliphatic rings. The summed E-state index contributed by atoms with van der Waals surface area (Å²) in [6.45, 7) is 2.75. The Bertz CT molecular complexity index is 926. The van der Waals surface area contributed by atoms with Gasteiger partial charge in [0, 0.05) is 24.5 Å². The van der Waals surface area contributed by atoms with E-state index in [9.17, 15) is 17.6 Å². The highest BCUT2D eigenvalue weighted by Crippen LogP contribution is 2.22. The first-order valence-electron chi connectivity index (χ1n) is 9.29. The van der Waals surface area contributed by atoms with E-state index in [0.717, 1.165) is 19.3 Å². The van der Waals surface area contributed by atoms with Crippen LogP contribution in [0.15, 0.2) is 53.4 Å². The van der Waals surface area contributed by atoms with Gasteiger partial charge in [-0.3, -0.25) is 4.79 Å². The Kier molecular flexibility index (Phi) is 6.31. The molecule has 0 saturated carbocycles. The molecule has 0 spiro atoms. The summed E-state index contributed by atoms with van der Waals surface area (Å²) in [6, 6.07) is 11.4. The zero-order valence-electron chi connectivity index (χ0n) is 15.7. The van der Waals surface area contributed by atoms with Gasteiger partial charge in [0.15, 0.2) is 0 Å². The molecule has 28 heavy (non-hydrogen) atoms. The molecule has 0 bridgehead atoms. The molecule has 2 aromatic rings. The molecule has 2 aromatic carbocycles. The van der Waals surface area contributed by atoms with Crippen molar-refractivity contribution in [3.8, 4) is 0 Å². The first-order valence-corrected chi connectivity index (χ1v) is 10.7. The fourth-order valence-corrected chi connectivity index (χ4v) is 4.63. The van der Waals surface area contributed by atoms with Crippen molar-refractivity contribution < 1.29 is 17.6 Å². The molecule has 8 heteroatoms. The van der Waals surface area contributed by atoms with E-state index in [1.807, 2.05) is 0 Å². The second kappa shape index (κ2) is 8.70. The molecule has 1 amide bonds. The highest BCUT2D eigenvalue weighted by Gasteiger charge is 2.25. The number of carbonyl (C=O) groups excluding carboxylic acids is 1. The van der Waals surface area contributed by atoms with Crippen LogP contribution in [0.2, 0.25) is 0 Å². The second-order valence-corrected chi connectivity index (χ2v) is 8.79. The number of halogens is 1. The van der Waals surface area contributed by atoms with Gasteiger partial charge in [0.05, 0.1) is 4.90 Å². The largest absolute Gasteiger partial charge is 0.374 e. The van der Waals surface area contributed by atoms with Crippen molar-refractivity contribution in [2.24, 2.45) is 0 Å². The minimum absolute atomic E-state index is 0.221. The van der Waals surface area contributed by atoms with E-state index < -0.39 is 16.1 Å². The van der Waals surface area contributed by atoms with Crippen LogP contribution in [-0.4, -0.2) is 37.8 Å². The van der Waals surface area contributed by atoms with E-state index in [1.54, 1.807) is 31.2 Å². The average Bonchev–Trinajstić information content (AvgIpc) is 2.69. The van der Waals surface area contributed by atoms with Gasteiger partial charge in [-0.2, -0.15) is 4.31 Å². The number of carbonyl (C=O) groups is 1. The van der Waals surface area contributed by atoms with Crippen molar-refractivity contribution in [1.29, 1.82) is 0 Å². The highest BCUT2D eigenvalue weighted by atomic mass is 32.2. The van der Waals surface area contributed by atoms with E-state index in [2.05, 4.69) is 10.6 Å². The predicted octanol–water partition coefficient (Wildman–Crippen LogP) is 3.44. The molecule has 6 nitrogen and oxygen atoms in total. The number of hydrogen-bond acceptors (Lipinski definition) is 4. The number of amides is 1. The third-order valence-electron chi connectivity index (χ3n) is 4.68. The summed E-state index contributed by atoms with van der Waals surface area (Å²) < 4.78 is 40.1. The minimum Gasteiger partial charge on any atom is -0.374 e. The fraction of sp³-hybridized carbons (Fsp3) is 0.350. The molecule has 1 atom stereocenters. The maximum absolute atomic E-state index is 13.2. The number of rotatable bonds is 6. The Balaban J connectivity index is 1.62. The van der Waals surface area contributed by atoms with Crippen LogP contribution in [0.5, 0.6) is 0 Å². The molecule has 1 fully saturated rings. The second-order valence-electron chi connectivity index (χ2n) is 6.85. The van der Waals surface area contributed by atoms with E-state index in [-0.39, 0.29) is 16.6 Å². The number of nitrogens with one attached hydrogen (secondary N) is 2. The topological polar surface area (TPSA) is 78.5 Å². The van der Waals surface area contributed by atoms with Gasteiger partial charge >= 0.3 is 0 Å². The maximum Gasteiger partial charge on any atom is 0.246 e. The van der Waals surface area contributed by atoms with E-state index in [0.29, 0.717) is 24.5 Å². The van der Waals surface area contributed by atoms with Gasteiger partial charge in [0.1, 0.15) is 11.9 Å². The molecule has 2 N–H and O–H groups in total. The Morgan fingerprint density at radius 3 is 2.36 bits per heavy atom. The molecule has 1 saturated heterocycles. The van der Waals surface area contributed by atoms with Crippen molar-refractivity contribution in [2.45, 2.75) is 37.1 Å². The average molecular weight is 405 g/mol. The fourth-order valence-electron chi connectivity index (χ4n) is 3.11. The first kappa shape index (κ1) is 20.3. The van der Waals surface area contributed by atoms with Crippen LogP contribution in [0.1, 0.15) is 26.2 Å². The van der Waals surface area contributed by atoms with Crippen LogP contribution in [0.4, 0.5) is 15.8 Å². The summed E-state index contributed by atoms with van der Waals surface area (Å²) >= 11 is 0. The molecular formula is C20H24FN3O3S. The van der Waals surface area contributed by atoms with Crippen LogP contribution in [-0.2, 0) is 14.8 Å². The van der Waals surface area contributed by atoms with Gasteiger partial charge < -0.3 is 10.6 Å². The van der Waals surface area contributed by atoms with Crippen LogP contribution in [0.25, 0.3) is 0 Å². The van der Waals surface area contributed by atoms with Crippen molar-refractivity contribution in [3.05, 3.63) is 54.3 Å². The number of nitrogens with zero attached hydrogens (tertiary/aromatic N) is 1. The molecule has 1 unspecified atom stereocenters. The van der Waals surface area contributed by atoms with E-state index >= 15 is 0 Å². The molecule has 150 valence electrons. The van der Waals surface area contributed by atoms with Crippen molar-refractivity contribution in [2.75, 3.05) is 23.7 Å². The first-order chi connectivity index (χ1) is 13.4. The molecule has 0 aliphatic carbocycles. The van der Waals surface area contributed by atoms with Gasteiger partial charge in [-0.15, -0.1) is 0 Å². The maximum atomic E-state index is 13.2. The van der Waals surface area contributed by atoms with Crippen LogP contribution >= 0.6 is 0 Å². The quantitative estimate of drug-likeness (QED) is 0.772. The van der Waals surface area contributed by atoms with Crippen molar-refractivity contribution in [3.63, 3.8) is 0 Å². The van der Waals surface area contributed by atoms with Gasteiger partial charge in [-0.25, -0.2) is 12.8 Å². The standard InChI is InChI=1S/C20H24FN3O3S/c1-15(22-18-7-5-6-16(21)14-18)20(25)23-17-8-10-19(11-9-17)28(26,27)24-12-3-2-4-13-24/h5-11,14-15,22H,2-4,12-13H2,1H3,(H,23,25). The predicted molar refractivity (Wildman–Crippen MR) is 107 cm³/mol. The summed E-state index contributed by atoms with van der Waals surface area (Å²) in [5.74, 6) is -0.695. The van der Waals surface area contributed by atoms with Gasteiger partial charge in [0.2, 0.25) is 15.9 Å². The smallest absolute Gasteiger partial charge is 0.246 e. The van der Waals surface area contributed by atoms with Crippen LogP contribution in [0, 0.1) is 5.82 Å². The Morgan fingerprint density at radius 2 is 1.71 bits per heavy atom. The zero-order valence-corrected chi connectivity index (χ0v) is 16.5. The lowest BCUT2D eigenvalue weighted by Crippen LogP contribution is -2.35. The Labute approximate surface area is 164 Å². The van der Waals surface area contributed by atoms with Crippen LogP contribution in [0.3, 0.4) is 0 Å². The zero-order chi connectivity index (χ0) is 20.1. The normalized spacial score (nSPS) is 16.4. The lowest BCUT2D eigenvalue weighted by atomic mass is 10.2. The number of anilines is 2. The third-order valence-corrected chi connectivity index (χ3v) is 6.59. The third kappa shape index (κ3) is 4.88. The summed E-state index contributed by atoms with van der Waals surface area (Å²) in [7, 11) is -3.50. The molecule has 1 heterocycles. The molecule has 3 rings (SSSR count). The van der Waals surface area contributed by atoms with E-state index in [1.165, 1.54) is 28.6 Å². The SMILES string of the molecule is CC(Nc1cccc(F)c1)C(=O)Nc1ccc(S(=O)(=O)N2CCCCC2)cc1. The number of benzene rings is 2. The summed E-state index contributed by atoms with van der Waals surface area (Å²) in [4.78, 5) is 12.6. The van der Waals surface area contributed by atoms with Crippen LogP contribution < -0.4 is 10.6 Å². The van der Waals surface area contributed by atoms with E-state index in [4.69, 9.17) is 0 Å². The minimum atomic E-state index is -3.50. The van der Waals surface area contributed by atoms with Crippen molar-refractivity contribution in [1.82, 2.24) is 4.31 Å². The number of piperidine rings is 1. The summed E-state index contributed by atoms with van der Waals surface area (Å²) in [5.41, 5.74) is 1.00. The Hall–Kier alpha value is -2.45. The summed E-state index contributed by atoms with van der Waals surface area (Å²) in [6.07, 6.45) is 2.81.